The molecule has 1 saturated carbocycles. The lowest BCUT2D eigenvalue weighted by atomic mass is 9.98. The van der Waals surface area contributed by atoms with Gasteiger partial charge in [0, 0.05) is 12.6 Å². The van der Waals surface area contributed by atoms with Crippen molar-refractivity contribution in [1.29, 1.82) is 0 Å². The van der Waals surface area contributed by atoms with E-state index in [0.717, 1.165) is 12.4 Å². The highest BCUT2D eigenvalue weighted by Crippen LogP contribution is 2.20. The van der Waals surface area contributed by atoms with Crippen LogP contribution >= 0.6 is 11.6 Å². The smallest absolute Gasteiger partial charge is 0.134 e. The molecule has 1 fully saturated rings. The van der Waals surface area contributed by atoms with Crippen LogP contribution in [0.1, 0.15) is 37.9 Å². The Kier molecular flexibility index (Phi) is 5.20. The molecule has 0 spiro atoms. The molecule has 4 nitrogen and oxygen atoms in total. The second-order valence-electron chi connectivity index (χ2n) is 4.68. The minimum atomic E-state index is 0.455. The molecule has 0 radical (unpaired) electrons. The molecule has 5 heteroatoms. The van der Waals surface area contributed by atoms with Crippen LogP contribution in [0.3, 0.4) is 0 Å². The minimum absolute atomic E-state index is 0.455. The van der Waals surface area contributed by atoms with E-state index in [-0.39, 0.29) is 0 Å². The molecule has 0 amide bonds. The molecule has 1 aromatic heterocycles. The Morgan fingerprint density at radius 1 is 1.33 bits per heavy atom. The Bertz CT molecular complexity index is 360. The third-order valence-electron chi connectivity index (χ3n) is 3.12. The Hall–Kier alpha value is -0.870. The average Bonchev–Trinajstić information content (AvgIpc) is 2.35. The van der Waals surface area contributed by atoms with Crippen LogP contribution < -0.4 is 5.32 Å². The van der Waals surface area contributed by atoms with Crippen LogP contribution in [0.2, 0.25) is 5.15 Å². The summed E-state index contributed by atoms with van der Waals surface area (Å²) in [7, 11) is 0. The van der Waals surface area contributed by atoms with Crippen molar-refractivity contribution in [2.45, 2.75) is 45.1 Å². The quantitative estimate of drug-likeness (QED) is 0.659. The van der Waals surface area contributed by atoms with E-state index in [9.17, 15) is 0 Å². The van der Waals surface area contributed by atoms with E-state index >= 15 is 0 Å². The summed E-state index contributed by atoms with van der Waals surface area (Å²) in [6, 6.07) is 1.73. The maximum absolute atomic E-state index is 5.86. The highest BCUT2D eigenvalue weighted by molar-refractivity contribution is 6.29. The summed E-state index contributed by atoms with van der Waals surface area (Å²) in [6.07, 6.45) is 6.84. The molecule has 18 heavy (non-hydrogen) atoms. The van der Waals surface area contributed by atoms with Gasteiger partial charge in [0.15, 0.2) is 0 Å². The summed E-state index contributed by atoms with van der Waals surface area (Å²) >= 11 is 5.86. The number of anilines is 1. The van der Waals surface area contributed by atoms with E-state index in [0.29, 0.717) is 23.7 Å². The van der Waals surface area contributed by atoms with Crippen LogP contribution in [-0.4, -0.2) is 29.2 Å². The first-order valence-electron chi connectivity index (χ1n) is 6.61. The SMILES string of the molecule is Cc1nc(Cl)cc(NCCOC2CCCCC2)n1. The first kappa shape index (κ1) is 13.6. The fourth-order valence-corrected chi connectivity index (χ4v) is 2.48. The Morgan fingerprint density at radius 2 is 2.11 bits per heavy atom. The van der Waals surface area contributed by atoms with Gasteiger partial charge in [-0.3, -0.25) is 0 Å². The fraction of sp³-hybridized carbons (Fsp3) is 0.692. The van der Waals surface area contributed by atoms with Crippen molar-refractivity contribution >= 4 is 17.4 Å². The maximum atomic E-state index is 5.86. The van der Waals surface area contributed by atoms with E-state index in [2.05, 4.69) is 15.3 Å². The summed E-state index contributed by atoms with van der Waals surface area (Å²) in [5, 5.41) is 3.68. The summed E-state index contributed by atoms with van der Waals surface area (Å²) in [5.41, 5.74) is 0. The summed E-state index contributed by atoms with van der Waals surface area (Å²) in [6.45, 7) is 3.30. The highest BCUT2D eigenvalue weighted by atomic mass is 35.5. The number of halogens is 1. The number of aromatic nitrogens is 2. The van der Waals surface area contributed by atoms with Gasteiger partial charge in [-0.2, -0.15) is 0 Å². The second kappa shape index (κ2) is 6.90. The van der Waals surface area contributed by atoms with Crippen LogP contribution in [0.25, 0.3) is 0 Å². The van der Waals surface area contributed by atoms with Gasteiger partial charge in [-0.15, -0.1) is 0 Å². The van der Waals surface area contributed by atoms with Gasteiger partial charge in [0.05, 0.1) is 12.7 Å². The molecule has 0 atom stereocenters. The topological polar surface area (TPSA) is 47.0 Å². The molecule has 0 unspecified atom stereocenters. The van der Waals surface area contributed by atoms with Crippen molar-refractivity contribution < 1.29 is 4.74 Å². The number of hydrogen-bond acceptors (Lipinski definition) is 4. The highest BCUT2D eigenvalue weighted by Gasteiger charge is 2.12. The van der Waals surface area contributed by atoms with Crippen LogP contribution in [0.5, 0.6) is 0 Å². The molecule has 0 bridgehead atoms. The van der Waals surface area contributed by atoms with Gasteiger partial charge in [-0.25, -0.2) is 9.97 Å². The number of rotatable bonds is 5. The Labute approximate surface area is 113 Å². The summed E-state index contributed by atoms with van der Waals surface area (Å²) < 4.78 is 5.83. The van der Waals surface area contributed by atoms with E-state index in [1.807, 2.05) is 6.92 Å². The van der Waals surface area contributed by atoms with Gasteiger partial charge < -0.3 is 10.1 Å². The summed E-state index contributed by atoms with van der Waals surface area (Å²) in [4.78, 5) is 8.28. The zero-order valence-corrected chi connectivity index (χ0v) is 11.5. The lowest BCUT2D eigenvalue weighted by molar-refractivity contribution is 0.0347. The van der Waals surface area contributed by atoms with E-state index in [4.69, 9.17) is 16.3 Å². The molecule has 0 aromatic carbocycles. The van der Waals surface area contributed by atoms with E-state index in [1.54, 1.807) is 6.07 Å². The van der Waals surface area contributed by atoms with Crippen LogP contribution in [0.4, 0.5) is 5.82 Å². The molecule has 1 aliphatic carbocycles. The Balaban J connectivity index is 1.68. The standard InChI is InChI=1S/C13H20ClN3O/c1-10-16-12(14)9-13(17-10)15-7-8-18-11-5-3-2-4-6-11/h9,11H,2-8H2,1H3,(H,15,16,17). The molecular weight excluding hydrogens is 250 g/mol. The Morgan fingerprint density at radius 3 is 2.83 bits per heavy atom. The minimum Gasteiger partial charge on any atom is -0.376 e. The number of nitrogens with zero attached hydrogens (tertiary/aromatic N) is 2. The molecule has 0 aliphatic heterocycles. The van der Waals surface area contributed by atoms with Crippen LogP contribution in [0.15, 0.2) is 6.07 Å². The van der Waals surface area contributed by atoms with Gasteiger partial charge in [-0.05, 0) is 19.8 Å². The molecule has 0 saturated heterocycles. The van der Waals surface area contributed by atoms with Crippen molar-refractivity contribution in [3.05, 3.63) is 17.0 Å². The zero-order chi connectivity index (χ0) is 12.8. The zero-order valence-electron chi connectivity index (χ0n) is 10.8. The lowest BCUT2D eigenvalue weighted by Crippen LogP contribution is -2.20. The van der Waals surface area contributed by atoms with E-state index < -0.39 is 0 Å². The third kappa shape index (κ3) is 4.42. The van der Waals surface area contributed by atoms with Gasteiger partial charge in [-0.1, -0.05) is 30.9 Å². The molecule has 1 aliphatic rings. The number of hydrogen-bond donors (Lipinski definition) is 1. The first-order valence-corrected chi connectivity index (χ1v) is 6.98. The maximum Gasteiger partial charge on any atom is 0.134 e. The average molecular weight is 270 g/mol. The predicted octanol–water partition coefficient (Wildman–Crippen LogP) is 3.20. The van der Waals surface area contributed by atoms with Crippen molar-refractivity contribution in [2.75, 3.05) is 18.5 Å². The monoisotopic (exact) mass is 269 g/mol. The third-order valence-corrected chi connectivity index (χ3v) is 3.31. The molecular formula is C13H20ClN3O. The molecule has 100 valence electrons. The molecule has 1 aromatic rings. The largest absolute Gasteiger partial charge is 0.376 e. The van der Waals surface area contributed by atoms with E-state index in [1.165, 1.54) is 32.1 Å². The number of nitrogens with one attached hydrogen (secondary N) is 1. The normalized spacial score (nSPS) is 16.8. The van der Waals surface area contributed by atoms with Crippen molar-refractivity contribution in [3.8, 4) is 0 Å². The van der Waals surface area contributed by atoms with Crippen molar-refractivity contribution in [1.82, 2.24) is 9.97 Å². The van der Waals surface area contributed by atoms with Crippen LogP contribution in [0, 0.1) is 6.92 Å². The molecule has 1 N–H and O–H groups in total. The summed E-state index contributed by atoms with van der Waals surface area (Å²) in [5.74, 6) is 1.44. The molecule has 1 heterocycles. The van der Waals surface area contributed by atoms with Gasteiger partial charge in [0.2, 0.25) is 0 Å². The second-order valence-corrected chi connectivity index (χ2v) is 5.07. The van der Waals surface area contributed by atoms with Gasteiger partial charge >= 0.3 is 0 Å². The first-order chi connectivity index (χ1) is 8.74. The number of aryl methyl sites for hydroxylation is 1. The van der Waals surface area contributed by atoms with Gasteiger partial charge in [0.25, 0.3) is 0 Å². The van der Waals surface area contributed by atoms with Crippen molar-refractivity contribution in [3.63, 3.8) is 0 Å². The van der Waals surface area contributed by atoms with Crippen molar-refractivity contribution in [2.24, 2.45) is 0 Å². The van der Waals surface area contributed by atoms with Gasteiger partial charge in [0.1, 0.15) is 16.8 Å². The number of ether oxygens (including phenoxy) is 1. The lowest BCUT2D eigenvalue weighted by Gasteiger charge is -2.22. The van der Waals surface area contributed by atoms with Crippen LogP contribution in [-0.2, 0) is 4.74 Å². The fourth-order valence-electron chi connectivity index (χ4n) is 2.26. The molecule has 2 rings (SSSR count). The predicted molar refractivity (Wildman–Crippen MR) is 73.1 cm³/mol.